The van der Waals surface area contributed by atoms with Crippen LogP contribution >= 0.6 is 0 Å². The van der Waals surface area contributed by atoms with Crippen LogP contribution in [0.25, 0.3) is 0 Å². The number of aromatic nitrogens is 2. The third-order valence-corrected chi connectivity index (χ3v) is 5.78. The van der Waals surface area contributed by atoms with Crippen molar-refractivity contribution >= 4 is 5.91 Å². The number of hydrogen-bond donors (Lipinski definition) is 0. The molecule has 1 aromatic heterocycles. The smallest absolute Gasteiger partial charge is 0.267 e. The monoisotopic (exact) mass is 380 g/mol. The van der Waals surface area contributed by atoms with E-state index in [4.69, 9.17) is 0 Å². The van der Waals surface area contributed by atoms with E-state index in [1.807, 2.05) is 11.0 Å². The van der Waals surface area contributed by atoms with Gasteiger partial charge >= 0.3 is 0 Å². The molecule has 0 radical (unpaired) electrons. The van der Waals surface area contributed by atoms with Gasteiger partial charge in [-0.2, -0.15) is 5.10 Å². The average molecular weight is 380 g/mol. The maximum absolute atomic E-state index is 12.7. The molecule has 0 atom stereocenters. The lowest BCUT2D eigenvalue weighted by atomic mass is 10.1. The Kier molecular flexibility index (Phi) is 5.86. The van der Waals surface area contributed by atoms with Gasteiger partial charge in [0.05, 0.1) is 5.69 Å². The minimum absolute atomic E-state index is 0.0115. The molecule has 148 valence electrons. The molecule has 28 heavy (non-hydrogen) atoms. The lowest BCUT2D eigenvalue weighted by molar-refractivity contribution is -0.133. The maximum Gasteiger partial charge on any atom is 0.267 e. The summed E-state index contributed by atoms with van der Waals surface area (Å²) in [4.78, 5) is 29.4. The summed E-state index contributed by atoms with van der Waals surface area (Å²) in [6.07, 6.45) is 5.23. The second-order valence-corrected chi connectivity index (χ2v) is 7.82. The van der Waals surface area contributed by atoms with Gasteiger partial charge in [0.1, 0.15) is 6.54 Å². The number of aryl methyl sites for hydroxylation is 2. The molecule has 0 N–H and O–H groups in total. The summed E-state index contributed by atoms with van der Waals surface area (Å²) in [5.41, 5.74) is 3.21. The summed E-state index contributed by atoms with van der Waals surface area (Å²) in [6, 6.07) is 12.1. The Morgan fingerprint density at radius 1 is 0.964 bits per heavy atom. The van der Waals surface area contributed by atoms with Crippen LogP contribution in [0, 0.1) is 0 Å². The Balaban J connectivity index is 1.35. The molecule has 1 saturated heterocycles. The number of amides is 1. The van der Waals surface area contributed by atoms with Gasteiger partial charge in [0.15, 0.2) is 0 Å². The van der Waals surface area contributed by atoms with Gasteiger partial charge in [0, 0.05) is 38.8 Å². The number of carbonyl (C=O) groups is 1. The molecule has 2 aromatic rings. The number of piperazine rings is 1. The van der Waals surface area contributed by atoms with Crippen LogP contribution in [-0.2, 0) is 30.7 Å². The van der Waals surface area contributed by atoms with Gasteiger partial charge in [-0.25, -0.2) is 4.68 Å². The van der Waals surface area contributed by atoms with Crippen LogP contribution in [0.2, 0.25) is 0 Å². The van der Waals surface area contributed by atoms with E-state index in [1.165, 1.54) is 16.7 Å². The Bertz CT molecular complexity index is 870. The van der Waals surface area contributed by atoms with Crippen LogP contribution in [0.4, 0.5) is 0 Å². The molecule has 0 spiro atoms. The van der Waals surface area contributed by atoms with E-state index >= 15 is 0 Å². The zero-order valence-corrected chi connectivity index (χ0v) is 16.3. The van der Waals surface area contributed by atoms with Crippen molar-refractivity contribution in [3.63, 3.8) is 0 Å². The van der Waals surface area contributed by atoms with E-state index in [2.05, 4.69) is 34.3 Å². The van der Waals surface area contributed by atoms with Crippen LogP contribution in [0.3, 0.4) is 0 Å². The molecule has 0 unspecified atom stereocenters. The predicted octanol–water partition coefficient (Wildman–Crippen LogP) is 1.86. The van der Waals surface area contributed by atoms with Gasteiger partial charge in [-0.3, -0.25) is 14.5 Å². The summed E-state index contributed by atoms with van der Waals surface area (Å²) in [5, 5.41) is 4.52. The fourth-order valence-electron chi connectivity index (χ4n) is 4.12. The predicted molar refractivity (Wildman–Crippen MR) is 108 cm³/mol. The van der Waals surface area contributed by atoms with Crippen molar-refractivity contribution in [2.75, 3.05) is 26.2 Å². The van der Waals surface area contributed by atoms with Crippen LogP contribution in [-0.4, -0.2) is 51.7 Å². The van der Waals surface area contributed by atoms with Crippen molar-refractivity contribution in [1.82, 2.24) is 19.6 Å². The Labute approximate surface area is 165 Å². The molecule has 6 nitrogen and oxygen atoms in total. The zero-order chi connectivity index (χ0) is 19.3. The van der Waals surface area contributed by atoms with Gasteiger partial charge < -0.3 is 4.90 Å². The molecule has 1 fully saturated rings. The molecule has 0 bridgehead atoms. The first-order valence-corrected chi connectivity index (χ1v) is 10.3. The molecule has 6 heteroatoms. The van der Waals surface area contributed by atoms with Crippen molar-refractivity contribution in [2.45, 2.75) is 45.2 Å². The van der Waals surface area contributed by atoms with Crippen LogP contribution in [0.15, 0.2) is 41.2 Å². The van der Waals surface area contributed by atoms with Gasteiger partial charge in [0.2, 0.25) is 5.91 Å². The molecule has 0 saturated carbocycles. The number of nitrogens with zero attached hydrogens (tertiary/aromatic N) is 4. The van der Waals surface area contributed by atoms with E-state index in [0.717, 1.165) is 56.6 Å². The minimum atomic E-state index is -0.156. The Morgan fingerprint density at radius 3 is 2.50 bits per heavy atom. The first kappa shape index (κ1) is 18.9. The van der Waals surface area contributed by atoms with Crippen molar-refractivity contribution in [2.24, 2.45) is 0 Å². The Morgan fingerprint density at radius 2 is 1.71 bits per heavy atom. The fourth-order valence-corrected chi connectivity index (χ4v) is 4.12. The molecule has 1 aliphatic carbocycles. The fraction of sp³-hybridized carbons (Fsp3) is 0.500. The molecular formula is C22H28N4O2. The van der Waals surface area contributed by atoms with Gasteiger partial charge in [0.25, 0.3) is 5.56 Å². The van der Waals surface area contributed by atoms with Crippen molar-refractivity contribution in [3.8, 4) is 0 Å². The van der Waals surface area contributed by atoms with E-state index in [0.29, 0.717) is 13.1 Å². The van der Waals surface area contributed by atoms with Gasteiger partial charge in [-0.1, -0.05) is 36.8 Å². The number of fused-ring (bicyclic) bond motifs is 1. The zero-order valence-electron chi connectivity index (χ0n) is 16.3. The lowest BCUT2D eigenvalue weighted by Crippen LogP contribution is -2.49. The molecule has 1 aliphatic heterocycles. The van der Waals surface area contributed by atoms with Gasteiger partial charge in [-0.05, 0) is 36.8 Å². The van der Waals surface area contributed by atoms with E-state index in [9.17, 15) is 9.59 Å². The Hall–Kier alpha value is -2.47. The molecular weight excluding hydrogens is 352 g/mol. The summed E-state index contributed by atoms with van der Waals surface area (Å²) in [5.74, 6) is -0.0115. The second kappa shape index (κ2) is 8.69. The van der Waals surface area contributed by atoms with Crippen LogP contribution in [0.5, 0.6) is 0 Å². The quantitative estimate of drug-likeness (QED) is 0.760. The highest BCUT2D eigenvalue weighted by atomic mass is 16.2. The largest absolute Gasteiger partial charge is 0.339 e. The molecule has 4 rings (SSSR count). The summed E-state index contributed by atoms with van der Waals surface area (Å²) in [7, 11) is 0. The summed E-state index contributed by atoms with van der Waals surface area (Å²) in [6.45, 7) is 4.07. The highest BCUT2D eigenvalue weighted by Crippen LogP contribution is 2.17. The number of hydrogen-bond acceptors (Lipinski definition) is 4. The van der Waals surface area contributed by atoms with Crippen molar-refractivity contribution in [3.05, 3.63) is 63.6 Å². The van der Waals surface area contributed by atoms with Gasteiger partial charge in [-0.15, -0.1) is 0 Å². The first-order chi connectivity index (χ1) is 13.7. The topological polar surface area (TPSA) is 58.4 Å². The maximum atomic E-state index is 12.7. The first-order valence-electron chi connectivity index (χ1n) is 10.3. The normalized spacial score (nSPS) is 17.8. The standard InChI is InChI=1S/C22H28N4O2/c27-21-15-19-9-5-2-6-10-20(19)23-26(21)17-22(28)25-13-11-24(12-14-25)16-18-7-3-1-4-8-18/h1,3-4,7-8,15H,2,5-6,9-14,16-17H2. The third-order valence-electron chi connectivity index (χ3n) is 5.78. The number of rotatable bonds is 4. The number of carbonyl (C=O) groups excluding carboxylic acids is 1. The van der Waals surface area contributed by atoms with E-state index in [-0.39, 0.29) is 18.0 Å². The van der Waals surface area contributed by atoms with Crippen molar-refractivity contribution in [1.29, 1.82) is 0 Å². The highest BCUT2D eigenvalue weighted by Gasteiger charge is 2.22. The molecule has 1 amide bonds. The van der Waals surface area contributed by atoms with Crippen LogP contribution in [0.1, 0.15) is 36.1 Å². The molecule has 2 heterocycles. The molecule has 2 aliphatic rings. The minimum Gasteiger partial charge on any atom is -0.339 e. The van der Waals surface area contributed by atoms with E-state index in [1.54, 1.807) is 6.07 Å². The third kappa shape index (κ3) is 4.50. The van der Waals surface area contributed by atoms with Crippen molar-refractivity contribution < 1.29 is 4.79 Å². The SMILES string of the molecule is O=C(Cn1nc2c(cc1=O)CCCCC2)N1CCN(Cc2ccccc2)CC1. The number of benzene rings is 1. The highest BCUT2D eigenvalue weighted by molar-refractivity contribution is 5.76. The van der Waals surface area contributed by atoms with E-state index < -0.39 is 0 Å². The average Bonchev–Trinajstić information content (AvgIpc) is 2.94. The second-order valence-electron chi connectivity index (χ2n) is 7.82. The lowest BCUT2D eigenvalue weighted by Gasteiger charge is -2.34. The summed E-state index contributed by atoms with van der Waals surface area (Å²) >= 11 is 0. The summed E-state index contributed by atoms with van der Waals surface area (Å²) < 4.78 is 1.36. The molecule has 1 aromatic carbocycles. The van der Waals surface area contributed by atoms with Crippen LogP contribution < -0.4 is 5.56 Å².